The number of alkyl halides is 3. The molecule has 0 saturated carbocycles. The van der Waals surface area contributed by atoms with E-state index < -0.39 is 47.4 Å². The molecule has 1 fully saturated rings. The number of carboxylic acids is 2. The van der Waals surface area contributed by atoms with Gasteiger partial charge in [0.2, 0.25) is 5.91 Å². The molecule has 1 aromatic rings. The van der Waals surface area contributed by atoms with Crippen LogP contribution < -0.4 is 11.1 Å². The van der Waals surface area contributed by atoms with E-state index in [2.05, 4.69) is 5.32 Å². The molecule has 13 heteroatoms. The Morgan fingerprint density at radius 1 is 1.23 bits per heavy atom. The van der Waals surface area contributed by atoms with Gasteiger partial charge in [0.05, 0.1) is 0 Å². The molecule has 2 aliphatic heterocycles. The van der Waals surface area contributed by atoms with Gasteiger partial charge in [0, 0.05) is 5.75 Å². The smallest absolute Gasteiger partial charge is 0.477 e. The second kappa shape index (κ2) is 9.39. The zero-order valence-electron chi connectivity index (χ0n) is 15.9. The highest BCUT2D eigenvalue weighted by atomic mass is 32.2. The third kappa shape index (κ3) is 5.35. The number of rotatable bonds is 4. The molecule has 1 aromatic carbocycles. The molecule has 2 amide bonds. The van der Waals surface area contributed by atoms with Gasteiger partial charge in [-0.2, -0.15) is 13.2 Å². The monoisotopic (exact) mass is 461 g/mol. The quantitative estimate of drug-likeness (QED) is 0.487. The molecule has 2 aliphatic rings. The number of aliphatic carboxylic acids is 2. The van der Waals surface area contributed by atoms with E-state index in [4.69, 9.17) is 15.6 Å². The van der Waals surface area contributed by atoms with Crippen molar-refractivity contribution in [3.63, 3.8) is 0 Å². The Kier molecular flexibility index (Phi) is 7.33. The number of carboxylic acid groups (broad SMARTS) is 2. The average molecular weight is 461 g/mol. The maximum Gasteiger partial charge on any atom is 0.490 e. The lowest BCUT2D eigenvalue weighted by molar-refractivity contribution is -0.192. The number of hydrogen-bond acceptors (Lipinski definition) is 6. The van der Waals surface area contributed by atoms with Crippen LogP contribution in [-0.2, 0) is 19.2 Å². The van der Waals surface area contributed by atoms with Crippen LogP contribution in [-0.4, -0.2) is 62.2 Å². The Labute approximate surface area is 178 Å². The summed E-state index contributed by atoms with van der Waals surface area (Å²) in [6.45, 7) is 1.69. The SMILES string of the molecule is CC1=C(C(=O)O)N2C(=O)[C@@H](NC(=O)[C@H](N)c3ccccc3)[C@H]2SC1.O=C(O)C(F)(F)F. The molecule has 31 heavy (non-hydrogen) atoms. The molecule has 0 spiro atoms. The van der Waals surface area contributed by atoms with Crippen molar-refractivity contribution < 1.29 is 42.6 Å². The molecular weight excluding hydrogens is 443 g/mol. The van der Waals surface area contributed by atoms with Crippen LogP contribution in [0.4, 0.5) is 13.2 Å². The van der Waals surface area contributed by atoms with Crippen molar-refractivity contribution >= 4 is 35.5 Å². The van der Waals surface area contributed by atoms with E-state index in [1.54, 1.807) is 31.2 Å². The van der Waals surface area contributed by atoms with Gasteiger partial charge < -0.3 is 21.3 Å². The molecule has 0 unspecified atom stereocenters. The largest absolute Gasteiger partial charge is 0.490 e. The highest BCUT2D eigenvalue weighted by Gasteiger charge is 2.53. The third-order valence-corrected chi connectivity index (χ3v) is 5.77. The second-order valence-electron chi connectivity index (χ2n) is 6.52. The highest BCUT2D eigenvalue weighted by Crippen LogP contribution is 2.40. The maximum absolute atomic E-state index is 12.3. The van der Waals surface area contributed by atoms with E-state index in [-0.39, 0.29) is 5.70 Å². The fourth-order valence-corrected chi connectivity index (χ4v) is 4.12. The van der Waals surface area contributed by atoms with Crippen molar-refractivity contribution in [1.82, 2.24) is 10.2 Å². The number of halogens is 3. The van der Waals surface area contributed by atoms with Crippen molar-refractivity contribution in [2.24, 2.45) is 5.73 Å². The molecule has 9 nitrogen and oxygen atoms in total. The number of carbonyl (C=O) groups is 4. The molecule has 0 radical (unpaired) electrons. The van der Waals surface area contributed by atoms with Crippen LogP contribution in [0.2, 0.25) is 0 Å². The summed E-state index contributed by atoms with van der Waals surface area (Å²) < 4.78 is 31.7. The van der Waals surface area contributed by atoms with E-state index in [0.29, 0.717) is 16.9 Å². The minimum absolute atomic E-state index is 0.0154. The van der Waals surface area contributed by atoms with E-state index in [1.165, 1.54) is 16.7 Å². The van der Waals surface area contributed by atoms with Crippen LogP contribution in [0.3, 0.4) is 0 Å². The number of carbonyl (C=O) groups excluding carboxylic acids is 2. The molecule has 5 N–H and O–H groups in total. The average Bonchev–Trinajstić information content (AvgIpc) is 2.71. The first-order valence-corrected chi connectivity index (χ1v) is 9.69. The molecule has 3 rings (SSSR count). The highest BCUT2D eigenvalue weighted by molar-refractivity contribution is 8.00. The molecule has 0 aromatic heterocycles. The number of nitrogens with two attached hydrogens (primary N) is 1. The van der Waals surface area contributed by atoms with E-state index in [9.17, 15) is 32.7 Å². The second-order valence-corrected chi connectivity index (χ2v) is 7.63. The summed E-state index contributed by atoms with van der Waals surface area (Å²) in [7, 11) is 0. The number of amides is 2. The number of nitrogens with one attached hydrogen (secondary N) is 1. The summed E-state index contributed by atoms with van der Waals surface area (Å²) >= 11 is 1.43. The fourth-order valence-electron chi connectivity index (χ4n) is 2.83. The van der Waals surface area contributed by atoms with Gasteiger partial charge in [-0.1, -0.05) is 30.3 Å². The number of thioether (sulfide) groups is 1. The Morgan fingerprint density at radius 2 is 1.77 bits per heavy atom. The van der Waals surface area contributed by atoms with E-state index in [0.717, 1.165) is 0 Å². The first kappa shape index (κ1) is 24.2. The lowest BCUT2D eigenvalue weighted by Gasteiger charge is -2.49. The van der Waals surface area contributed by atoms with Crippen molar-refractivity contribution in [1.29, 1.82) is 0 Å². The van der Waals surface area contributed by atoms with Gasteiger partial charge in [0.1, 0.15) is 23.2 Å². The number of nitrogens with zero attached hydrogens (tertiary/aromatic N) is 1. The van der Waals surface area contributed by atoms with Gasteiger partial charge in [-0.25, -0.2) is 9.59 Å². The van der Waals surface area contributed by atoms with Crippen LogP contribution in [0.5, 0.6) is 0 Å². The number of fused-ring (bicyclic) bond motifs is 1. The van der Waals surface area contributed by atoms with Crippen molar-refractivity contribution in [2.45, 2.75) is 30.6 Å². The Bertz CT molecular complexity index is 922. The minimum atomic E-state index is -5.08. The van der Waals surface area contributed by atoms with Crippen LogP contribution in [0.1, 0.15) is 18.5 Å². The lowest BCUT2D eigenvalue weighted by atomic mass is 10.0. The molecule has 2 heterocycles. The zero-order chi connectivity index (χ0) is 23.5. The fraction of sp³-hybridized carbons (Fsp3) is 0.333. The maximum atomic E-state index is 12.3. The topological polar surface area (TPSA) is 150 Å². The van der Waals surface area contributed by atoms with Gasteiger partial charge in [-0.15, -0.1) is 11.8 Å². The van der Waals surface area contributed by atoms with Crippen LogP contribution >= 0.6 is 11.8 Å². The van der Waals surface area contributed by atoms with Gasteiger partial charge >= 0.3 is 18.1 Å². The normalized spacial score (nSPS) is 21.2. The summed E-state index contributed by atoms with van der Waals surface area (Å²) in [5.74, 6) is -4.25. The van der Waals surface area contributed by atoms with Gasteiger partial charge in [0.25, 0.3) is 5.91 Å². The van der Waals surface area contributed by atoms with E-state index >= 15 is 0 Å². The number of β-lactam (4-membered cyclic amide) rings is 1. The number of hydrogen-bond donors (Lipinski definition) is 4. The predicted molar refractivity (Wildman–Crippen MR) is 102 cm³/mol. The van der Waals surface area contributed by atoms with Crippen molar-refractivity contribution in [3.05, 3.63) is 47.2 Å². The van der Waals surface area contributed by atoms with Crippen LogP contribution in [0.15, 0.2) is 41.6 Å². The summed E-state index contributed by atoms with van der Waals surface area (Å²) in [4.78, 5) is 46.1. The molecular formula is C18H18F3N3O6S. The standard InChI is InChI=1S/C16H17N3O4S.C2HF3O2/c1-8-7-24-15-11(14(21)19(15)12(8)16(22)23)18-13(20)10(17)9-5-3-2-4-6-9;3-2(4,5)1(6)7/h2-6,10-11,15H,7,17H2,1H3,(H,18,20)(H,22,23);(H,6,7)/t10-,11-,15-;/m1./s1. The summed E-state index contributed by atoms with van der Waals surface area (Å²) in [6.07, 6.45) is -5.08. The molecule has 168 valence electrons. The van der Waals surface area contributed by atoms with Crippen molar-refractivity contribution in [2.75, 3.05) is 5.75 Å². The third-order valence-electron chi connectivity index (χ3n) is 4.34. The molecule has 3 atom stereocenters. The lowest BCUT2D eigenvalue weighted by Crippen LogP contribution is -2.71. The van der Waals surface area contributed by atoms with Gasteiger partial charge in [-0.3, -0.25) is 14.5 Å². The molecule has 1 saturated heterocycles. The molecule has 0 aliphatic carbocycles. The molecule has 0 bridgehead atoms. The van der Waals surface area contributed by atoms with Crippen LogP contribution in [0, 0.1) is 0 Å². The predicted octanol–water partition coefficient (Wildman–Crippen LogP) is 1.08. The first-order chi connectivity index (χ1) is 14.4. The summed E-state index contributed by atoms with van der Waals surface area (Å²) in [6, 6.07) is 7.23. The van der Waals surface area contributed by atoms with Gasteiger partial charge in [0.15, 0.2) is 0 Å². The van der Waals surface area contributed by atoms with Gasteiger partial charge in [-0.05, 0) is 18.1 Å². The first-order valence-electron chi connectivity index (χ1n) is 8.65. The summed E-state index contributed by atoms with van der Waals surface area (Å²) in [5.41, 5.74) is 7.24. The van der Waals surface area contributed by atoms with E-state index in [1.807, 2.05) is 6.07 Å². The minimum Gasteiger partial charge on any atom is -0.477 e. The zero-order valence-corrected chi connectivity index (χ0v) is 16.7. The Morgan fingerprint density at radius 3 is 2.26 bits per heavy atom. The summed E-state index contributed by atoms with van der Waals surface area (Å²) in [5, 5.41) is 18.7. The Balaban J connectivity index is 0.000000423. The number of benzene rings is 1. The Hall–Kier alpha value is -3.06. The van der Waals surface area contributed by atoms with Crippen LogP contribution in [0.25, 0.3) is 0 Å². The van der Waals surface area contributed by atoms with Crippen molar-refractivity contribution in [3.8, 4) is 0 Å².